The molecule has 0 aliphatic heterocycles. The average molecular weight is 503 g/mol. The molecule has 6 nitrogen and oxygen atoms in total. The number of nitrogens with one attached hydrogen (secondary N) is 1. The number of aromatic nitrogens is 1. The predicted octanol–water partition coefficient (Wildman–Crippen LogP) is 4.68. The molecule has 0 saturated heterocycles. The van der Waals surface area contributed by atoms with Gasteiger partial charge in [0.2, 0.25) is 10.0 Å². The van der Waals surface area contributed by atoms with Gasteiger partial charge in [0.1, 0.15) is 5.75 Å². The van der Waals surface area contributed by atoms with Crippen LogP contribution in [0.5, 0.6) is 5.75 Å². The average Bonchev–Trinajstić information content (AvgIpc) is 3.13. The van der Waals surface area contributed by atoms with Gasteiger partial charge in [0, 0.05) is 11.6 Å². The molecule has 0 atom stereocenters. The molecule has 0 bridgehead atoms. The number of ether oxygens (including phenoxy) is 1. The van der Waals surface area contributed by atoms with Crippen LogP contribution in [-0.2, 0) is 23.0 Å². The van der Waals surface area contributed by atoms with E-state index in [2.05, 4.69) is 4.72 Å². The van der Waals surface area contributed by atoms with Gasteiger partial charge >= 0.3 is 4.87 Å². The molecule has 1 heterocycles. The monoisotopic (exact) mass is 502 g/mol. The highest BCUT2D eigenvalue weighted by Gasteiger charge is 2.17. The zero-order chi connectivity index (χ0) is 23.4. The van der Waals surface area contributed by atoms with Crippen LogP contribution in [0.3, 0.4) is 0 Å². The second-order valence-electron chi connectivity index (χ2n) is 7.52. The number of aryl methyl sites for hydroxylation is 1. The number of sulfonamides is 1. The number of benzene rings is 3. The maximum Gasteiger partial charge on any atom is 0.308 e. The van der Waals surface area contributed by atoms with Crippen molar-refractivity contribution in [1.29, 1.82) is 0 Å². The number of halogens is 1. The summed E-state index contributed by atoms with van der Waals surface area (Å²) in [5, 5.41) is 0.585. The third-order valence-corrected chi connectivity index (χ3v) is 8.10. The van der Waals surface area contributed by atoms with Crippen molar-refractivity contribution >= 4 is 43.2 Å². The summed E-state index contributed by atoms with van der Waals surface area (Å²) in [6, 6.07) is 19.8. The van der Waals surface area contributed by atoms with Crippen LogP contribution in [0.15, 0.2) is 76.4 Å². The number of fused-ring (bicyclic) bond motifs is 1. The lowest BCUT2D eigenvalue weighted by atomic mass is 10.1. The van der Waals surface area contributed by atoms with E-state index in [0.717, 1.165) is 34.6 Å². The van der Waals surface area contributed by atoms with Crippen molar-refractivity contribution in [3.63, 3.8) is 0 Å². The number of methoxy groups -OCH3 is 1. The lowest BCUT2D eigenvalue weighted by Crippen LogP contribution is -2.25. The quantitative estimate of drug-likeness (QED) is 0.337. The van der Waals surface area contributed by atoms with Crippen LogP contribution < -0.4 is 14.3 Å². The Kier molecular flexibility index (Phi) is 7.19. The lowest BCUT2D eigenvalue weighted by Gasteiger charge is -2.09. The first-order valence-electron chi connectivity index (χ1n) is 10.4. The van der Waals surface area contributed by atoms with E-state index in [1.807, 2.05) is 42.5 Å². The molecule has 0 saturated carbocycles. The van der Waals surface area contributed by atoms with E-state index in [1.165, 1.54) is 6.07 Å². The molecule has 4 aromatic rings. The highest BCUT2D eigenvalue weighted by atomic mass is 35.5. The van der Waals surface area contributed by atoms with Gasteiger partial charge in [-0.1, -0.05) is 53.3 Å². The summed E-state index contributed by atoms with van der Waals surface area (Å²) >= 11 is 7.26. The van der Waals surface area contributed by atoms with Gasteiger partial charge in [-0.3, -0.25) is 9.36 Å². The highest BCUT2D eigenvalue weighted by molar-refractivity contribution is 7.89. The fourth-order valence-corrected chi connectivity index (χ4v) is 5.84. The molecular weight excluding hydrogens is 480 g/mol. The summed E-state index contributed by atoms with van der Waals surface area (Å²) in [6.45, 7) is 0.643. The molecule has 33 heavy (non-hydrogen) atoms. The third kappa shape index (κ3) is 5.47. The lowest BCUT2D eigenvalue weighted by molar-refractivity contribution is 0.414. The standard InChI is InChI=1S/C24H23ClN2O4S2/c1-31-19-10-8-17(9-11-19)5-4-14-26-33(29,30)20-12-13-22-23(15-20)32-24(28)27(22)16-18-6-2-3-7-21(18)25/h2-3,6-13,15,26H,4-5,14,16H2,1H3. The molecule has 172 valence electrons. The normalized spacial score (nSPS) is 11.7. The zero-order valence-electron chi connectivity index (χ0n) is 18.0. The Morgan fingerprint density at radius 2 is 1.82 bits per heavy atom. The number of nitrogens with zero attached hydrogens (tertiary/aromatic N) is 1. The zero-order valence-corrected chi connectivity index (χ0v) is 20.3. The van der Waals surface area contributed by atoms with Crippen LogP contribution in [0.2, 0.25) is 5.02 Å². The van der Waals surface area contributed by atoms with Gasteiger partial charge in [0.15, 0.2) is 0 Å². The van der Waals surface area contributed by atoms with Crippen molar-refractivity contribution in [3.8, 4) is 5.75 Å². The Morgan fingerprint density at radius 1 is 1.06 bits per heavy atom. The molecule has 0 amide bonds. The first kappa shape index (κ1) is 23.5. The van der Waals surface area contributed by atoms with Crippen LogP contribution in [0.1, 0.15) is 17.5 Å². The summed E-state index contributed by atoms with van der Waals surface area (Å²) in [4.78, 5) is 12.6. The van der Waals surface area contributed by atoms with Crippen LogP contribution in [0.25, 0.3) is 10.2 Å². The van der Waals surface area contributed by atoms with Gasteiger partial charge in [0.05, 0.1) is 28.8 Å². The molecule has 0 aliphatic rings. The molecule has 3 aromatic carbocycles. The molecular formula is C24H23ClN2O4S2. The van der Waals surface area contributed by atoms with Crippen molar-refractivity contribution in [2.75, 3.05) is 13.7 Å². The molecule has 0 fully saturated rings. The predicted molar refractivity (Wildman–Crippen MR) is 133 cm³/mol. The smallest absolute Gasteiger partial charge is 0.308 e. The molecule has 0 radical (unpaired) electrons. The van der Waals surface area contributed by atoms with E-state index in [0.29, 0.717) is 34.7 Å². The van der Waals surface area contributed by atoms with E-state index in [4.69, 9.17) is 16.3 Å². The highest BCUT2D eigenvalue weighted by Crippen LogP contribution is 2.24. The molecule has 0 unspecified atom stereocenters. The third-order valence-electron chi connectivity index (χ3n) is 5.33. The van der Waals surface area contributed by atoms with E-state index in [1.54, 1.807) is 29.9 Å². The minimum Gasteiger partial charge on any atom is -0.497 e. The van der Waals surface area contributed by atoms with E-state index >= 15 is 0 Å². The van der Waals surface area contributed by atoms with Gasteiger partial charge in [-0.15, -0.1) is 0 Å². The van der Waals surface area contributed by atoms with Crippen molar-refractivity contribution < 1.29 is 13.2 Å². The number of thiazole rings is 1. The number of rotatable bonds is 9. The van der Waals surface area contributed by atoms with Crippen LogP contribution in [0, 0.1) is 0 Å². The van der Waals surface area contributed by atoms with Crippen LogP contribution in [0.4, 0.5) is 0 Å². The van der Waals surface area contributed by atoms with Gasteiger partial charge in [-0.2, -0.15) is 0 Å². The van der Waals surface area contributed by atoms with E-state index in [9.17, 15) is 13.2 Å². The van der Waals surface area contributed by atoms with Crippen LogP contribution >= 0.6 is 22.9 Å². The molecule has 0 aliphatic carbocycles. The minimum absolute atomic E-state index is 0.144. The molecule has 0 spiro atoms. The second kappa shape index (κ2) is 10.1. The second-order valence-corrected chi connectivity index (χ2v) is 10.7. The molecule has 9 heteroatoms. The number of hydrogen-bond donors (Lipinski definition) is 1. The topological polar surface area (TPSA) is 77.4 Å². The van der Waals surface area contributed by atoms with Crippen molar-refractivity contribution in [1.82, 2.24) is 9.29 Å². The largest absolute Gasteiger partial charge is 0.497 e. The minimum atomic E-state index is -3.68. The first-order valence-corrected chi connectivity index (χ1v) is 13.0. The van der Waals surface area contributed by atoms with Gasteiger partial charge in [0.25, 0.3) is 0 Å². The van der Waals surface area contributed by atoms with E-state index < -0.39 is 10.0 Å². The molecule has 4 rings (SSSR count). The number of hydrogen-bond acceptors (Lipinski definition) is 5. The van der Waals surface area contributed by atoms with E-state index in [-0.39, 0.29) is 9.77 Å². The van der Waals surface area contributed by atoms with Crippen molar-refractivity contribution in [3.05, 3.63) is 92.5 Å². The van der Waals surface area contributed by atoms with Crippen LogP contribution in [-0.4, -0.2) is 26.6 Å². The Morgan fingerprint density at radius 3 is 2.55 bits per heavy atom. The Balaban J connectivity index is 1.45. The van der Waals surface area contributed by atoms with Gasteiger partial charge < -0.3 is 4.74 Å². The molecule has 1 N–H and O–H groups in total. The summed E-state index contributed by atoms with van der Waals surface area (Å²) in [6.07, 6.45) is 1.41. The Bertz CT molecular complexity index is 1430. The molecule has 1 aromatic heterocycles. The fourth-order valence-electron chi connectivity index (χ4n) is 3.54. The summed E-state index contributed by atoms with van der Waals surface area (Å²) in [5.41, 5.74) is 2.63. The Hall–Kier alpha value is -2.65. The van der Waals surface area contributed by atoms with Gasteiger partial charge in [-0.05, 0) is 60.4 Å². The Labute approximate surface area is 201 Å². The summed E-state index contributed by atoms with van der Waals surface area (Å²) < 4.78 is 35.6. The summed E-state index contributed by atoms with van der Waals surface area (Å²) in [5.74, 6) is 0.790. The summed E-state index contributed by atoms with van der Waals surface area (Å²) in [7, 11) is -2.06. The first-order chi connectivity index (χ1) is 15.9. The maximum atomic E-state index is 12.8. The van der Waals surface area contributed by atoms with Crippen molar-refractivity contribution in [2.24, 2.45) is 0 Å². The van der Waals surface area contributed by atoms with Crippen molar-refractivity contribution in [2.45, 2.75) is 24.3 Å². The maximum absolute atomic E-state index is 12.8. The van der Waals surface area contributed by atoms with Gasteiger partial charge in [-0.25, -0.2) is 13.1 Å². The fraction of sp³-hybridized carbons (Fsp3) is 0.208. The SMILES string of the molecule is COc1ccc(CCCNS(=O)(=O)c2ccc3c(c2)sc(=O)n3Cc2ccccc2Cl)cc1.